The van der Waals surface area contributed by atoms with E-state index in [1.54, 1.807) is 36.4 Å². The van der Waals surface area contributed by atoms with Crippen LogP contribution < -0.4 is 19.1 Å². The van der Waals surface area contributed by atoms with Crippen molar-refractivity contribution in [3.63, 3.8) is 0 Å². The summed E-state index contributed by atoms with van der Waals surface area (Å²) in [4.78, 5) is 39.3. The SMILES string of the molecule is COc1cccc(N2C(=O)C(=O)/C(=C(/O)c3cc(Cl)c(OC)c(Cl)c3)C2c2ccc(OC(C)=O)cc2)c1. The van der Waals surface area contributed by atoms with Gasteiger partial charge in [-0.3, -0.25) is 19.3 Å². The highest BCUT2D eigenvalue weighted by Gasteiger charge is 2.47. The topological polar surface area (TPSA) is 102 Å². The number of carbonyl (C=O) groups is 3. The maximum Gasteiger partial charge on any atom is 0.308 e. The minimum absolute atomic E-state index is 0.112. The number of halogens is 2. The van der Waals surface area contributed by atoms with E-state index < -0.39 is 29.5 Å². The van der Waals surface area contributed by atoms with Gasteiger partial charge in [0.2, 0.25) is 0 Å². The highest BCUT2D eigenvalue weighted by Crippen LogP contribution is 2.44. The van der Waals surface area contributed by atoms with Gasteiger partial charge in [0.25, 0.3) is 11.7 Å². The zero-order valence-electron chi connectivity index (χ0n) is 20.0. The molecule has 37 heavy (non-hydrogen) atoms. The Hall–Kier alpha value is -4.01. The van der Waals surface area contributed by atoms with Gasteiger partial charge in [0.05, 0.1) is 35.9 Å². The number of carbonyl (C=O) groups excluding carboxylic acids is 3. The monoisotopic (exact) mass is 541 g/mol. The molecule has 0 radical (unpaired) electrons. The smallest absolute Gasteiger partial charge is 0.308 e. The number of aliphatic hydroxyl groups is 1. The third kappa shape index (κ3) is 4.98. The minimum Gasteiger partial charge on any atom is -0.507 e. The Balaban J connectivity index is 1.93. The van der Waals surface area contributed by atoms with Crippen LogP contribution in [0.4, 0.5) is 5.69 Å². The van der Waals surface area contributed by atoms with Crippen LogP contribution in [0.1, 0.15) is 24.1 Å². The molecular weight excluding hydrogens is 521 g/mol. The van der Waals surface area contributed by atoms with Gasteiger partial charge in [-0.2, -0.15) is 0 Å². The maximum absolute atomic E-state index is 13.3. The summed E-state index contributed by atoms with van der Waals surface area (Å²) in [6, 6.07) is 14.6. The number of methoxy groups -OCH3 is 2. The highest BCUT2D eigenvalue weighted by atomic mass is 35.5. The van der Waals surface area contributed by atoms with Gasteiger partial charge in [-0.05, 0) is 42.0 Å². The third-order valence-electron chi connectivity index (χ3n) is 5.71. The molecule has 4 rings (SSSR count). The minimum atomic E-state index is -1.03. The standard InChI is InChI=1S/C27H21Cl2NO7/c1-14(31)37-18-9-7-15(8-10-18)23-22(24(32)16-11-20(28)26(36-3)21(29)12-16)25(33)27(34)30(23)17-5-4-6-19(13-17)35-2/h4-13,23,32H,1-3H3/b24-22+. The molecular formula is C27H21Cl2NO7. The molecule has 1 aliphatic rings. The lowest BCUT2D eigenvalue weighted by atomic mass is 9.95. The van der Waals surface area contributed by atoms with Crippen molar-refractivity contribution in [3.05, 3.63) is 87.4 Å². The molecule has 1 atom stereocenters. The summed E-state index contributed by atoms with van der Waals surface area (Å²) in [5, 5.41) is 11.5. The number of aliphatic hydroxyl groups excluding tert-OH is 1. The van der Waals surface area contributed by atoms with Crippen LogP contribution in [0, 0.1) is 0 Å². The van der Waals surface area contributed by atoms with Crippen LogP contribution >= 0.6 is 23.2 Å². The number of anilines is 1. The van der Waals surface area contributed by atoms with Crippen molar-refractivity contribution in [2.24, 2.45) is 0 Å². The summed E-state index contributed by atoms with van der Waals surface area (Å²) in [6.45, 7) is 1.27. The average Bonchev–Trinajstić information content (AvgIpc) is 3.13. The molecule has 1 saturated heterocycles. The first kappa shape index (κ1) is 26.1. The third-order valence-corrected chi connectivity index (χ3v) is 6.27. The number of ether oxygens (including phenoxy) is 3. The first-order valence-electron chi connectivity index (χ1n) is 10.9. The van der Waals surface area contributed by atoms with E-state index in [2.05, 4.69) is 0 Å². The van der Waals surface area contributed by atoms with Crippen molar-refractivity contribution in [3.8, 4) is 17.2 Å². The lowest BCUT2D eigenvalue weighted by Gasteiger charge is -2.26. The van der Waals surface area contributed by atoms with Crippen LogP contribution in [0.3, 0.4) is 0 Å². The number of hydrogen-bond acceptors (Lipinski definition) is 7. The van der Waals surface area contributed by atoms with Crippen molar-refractivity contribution < 1.29 is 33.7 Å². The number of Topliss-reactive ketones (excluding diaryl/α,β-unsaturated/α-hetero) is 1. The molecule has 1 fully saturated rings. The van der Waals surface area contributed by atoms with Crippen molar-refractivity contribution in [2.75, 3.05) is 19.1 Å². The molecule has 190 valence electrons. The van der Waals surface area contributed by atoms with Crippen LogP contribution in [0.25, 0.3) is 5.76 Å². The summed E-state index contributed by atoms with van der Waals surface area (Å²) in [5.74, 6) is -1.77. The largest absolute Gasteiger partial charge is 0.507 e. The predicted octanol–water partition coefficient (Wildman–Crippen LogP) is 5.56. The van der Waals surface area contributed by atoms with Gasteiger partial charge in [0.1, 0.15) is 17.3 Å². The number of esters is 1. The molecule has 8 nitrogen and oxygen atoms in total. The highest BCUT2D eigenvalue weighted by molar-refractivity contribution is 6.51. The second kappa shape index (κ2) is 10.5. The van der Waals surface area contributed by atoms with E-state index in [0.717, 1.165) is 0 Å². The molecule has 0 aromatic heterocycles. The molecule has 10 heteroatoms. The number of benzene rings is 3. The Morgan fingerprint density at radius 1 is 0.919 bits per heavy atom. The Morgan fingerprint density at radius 2 is 1.57 bits per heavy atom. The van der Waals surface area contributed by atoms with Gasteiger partial charge >= 0.3 is 5.97 Å². The van der Waals surface area contributed by atoms with E-state index in [-0.39, 0.29) is 32.7 Å². The zero-order valence-corrected chi connectivity index (χ0v) is 21.5. The van der Waals surface area contributed by atoms with E-state index in [1.165, 1.54) is 50.3 Å². The first-order chi connectivity index (χ1) is 17.7. The number of ketones is 1. The Kier molecular flexibility index (Phi) is 7.42. The number of hydrogen-bond donors (Lipinski definition) is 1. The van der Waals surface area contributed by atoms with Crippen LogP contribution in [-0.4, -0.2) is 37.0 Å². The number of rotatable bonds is 6. The van der Waals surface area contributed by atoms with E-state index in [1.807, 2.05) is 0 Å². The summed E-state index contributed by atoms with van der Waals surface area (Å²) < 4.78 is 15.6. The van der Waals surface area contributed by atoms with Gasteiger partial charge in [-0.15, -0.1) is 0 Å². The van der Waals surface area contributed by atoms with Gasteiger partial charge < -0.3 is 19.3 Å². The summed E-state index contributed by atoms with van der Waals surface area (Å²) in [5.41, 5.74) is 0.803. The quantitative estimate of drug-likeness (QED) is 0.143. The van der Waals surface area contributed by atoms with Crippen molar-refractivity contribution in [2.45, 2.75) is 13.0 Å². The van der Waals surface area contributed by atoms with Crippen LogP contribution in [0.2, 0.25) is 10.0 Å². The predicted molar refractivity (Wildman–Crippen MR) is 139 cm³/mol. The molecule has 1 N–H and O–H groups in total. The van der Waals surface area contributed by atoms with E-state index in [0.29, 0.717) is 17.0 Å². The summed E-state index contributed by atoms with van der Waals surface area (Å²) in [7, 11) is 2.88. The molecule has 1 unspecified atom stereocenters. The molecule has 0 spiro atoms. The lowest BCUT2D eigenvalue weighted by molar-refractivity contribution is -0.132. The van der Waals surface area contributed by atoms with Crippen LogP contribution in [0.15, 0.2) is 66.2 Å². The maximum atomic E-state index is 13.3. The fraction of sp³-hybridized carbons (Fsp3) is 0.148. The molecule has 0 bridgehead atoms. The zero-order chi connectivity index (χ0) is 26.9. The van der Waals surface area contributed by atoms with Crippen molar-refractivity contribution >= 4 is 52.3 Å². The molecule has 3 aromatic carbocycles. The molecule has 3 aromatic rings. The van der Waals surface area contributed by atoms with E-state index in [4.69, 9.17) is 37.4 Å². The first-order valence-corrected chi connectivity index (χ1v) is 11.7. The summed E-state index contributed by atoms with van der Waals surface area (Å²) in [6.07, 6.45) is 0. The van der Waals surface area contributed by atoms with E-state index in [9.17, 15) is 19.5 Å². The second-order valence-electron chi connectivity index (χ2n) is 8.01. The number of nitrogens with zero attached hydrogens (tertiary/aromatic N) is 1. The molecule has 1 aliphatic heterocycles. The van der Waals surface area contributed by atoms with Gasteiger partial charge in [-0.25, -0.2) is 0 Å². The lowest BCUT2D eigenvalue weighted by Crippen LogP contribution is -2.29. The summed E-state index contributed by atoms with van der Waals surface area (Å²) >= 11 is 12.5. The van der Waals surface area contributed by atoms with Gasteiger partial charge in [0, 0.05) is 24.2 Å². The Labute approximate surface area is 222 Å². The van der Waals surface area contributed by atoms with Gasteiger partial charge in [0.15, 0.2) is 5.75 Å². The van der Waals surface area contributed by atoms with Crippen LogP contribution in [-0.2, 0) is 14.4 Å². The fourth-order valence-electron chi connectivity index (χ4n) is 4.11. The molecule has 0 saturated carbocycles. The Bertz CT molecular complexity index is 1410. The molecule has 1 amide bonds. The van der Waals surface area contributed by atoms with Crippen molar-refractivity contribution in [1.29, 1.82) is 0 Å². The second-order valence-corrected chi connectivity index (χ2v) is 8.82. The normalized spacial score (nSPS) is 16.6. The average molecular weight is 542 g/mol. The number of amides is 1. The van der Waals surface area contributed by atoms with E-state index >= 15 is 0 Å². The Morgan fingerprint density at radius 3 is 2.14 bits per heavy atom. The van der Waals surface area contributed by atoms with Crippen LogP contribution in [0.5, 0.6) is 17.2 Å². The molecule has 1 heterocycles. The molecule has 0 aliphatic carbocycles. The van der Waals surface area contributed by atoms with Gasteiger partial charge in [-0.1, -0.05) is 41.4 Å². The fourth-order valence-corrected chi connectivity index (χ4v) is 4.75. The van der Waals surface area contributed by atoms with Crippen molar-refractivity contribution in [1.82, 2.24) is 0 Å².